The van der Waals surface area contributed by atoms with E-state index in [1.165, 1.54) is 6.07 Å². The summed E-state index contributed by atoms with van der Waals surface area (Å²) in [6, 6.07) is 14.0. The van der Waals surface area contributed by atoms with Crippen LogP contribution in [0.15, 0.2) is 53.0 Å². The van der Waals surface area contributed by atoms with Gasteiger partial charge in [-0.3, -0.25) is 0 Å². The van der Waals surface area contributed by atoms with Gasteiger partial charge in [0.15, 0.2) is 0 Å². The lowest BCUT2D eigenvalue weighted by molar-refractivity contribution is 0.0965. The van der Waals surface area contributed by atoms with Crippen molar-refractivity contribution >= 4 is 22.0 Å². The maximum Gasteiger partial charge on any atom is 0.407 e. The molecule has 0 aliphatic rings. The third-order valence-electron chi connectivity index (χ3n) is 3.12. The van der Waals surface area contributed by atoms with Crippen molar-refractivity contribution in [1.82, 2.24) is 5.32 Å². The molecule has 0 aliphatic carbocycles. The fourth-order valence-electron chi connectivity index (χ4n) is 1.89. The van der Waals surface area contributed by atoms with Crippen LogP contribution in [0, 0.1) is 5.82 Å². The Morgan fingerprint density at radius 2 is 1.88 bits per heavy atom. The van der Waals surface area contributed by atoms with Gasteiger partial charge in [0, 0.05) is 12.6 Å². The van der Waals surface area contributed by atoms with Crippen LogP contribution in [0.2, 0.25) is 0 Å². The SMILES string of the molecule is O=C(NCCOCCOc1ccc(Br)c(F)c1)OCc1ccccc1. The highest BCUT2D eigenvalue weighted by molar-refractivity contribution is 9.10. The molecule has 2 aromatic rings. The van der Waals surface area contributed by atoms with Crippen molar-refractivity contribution < 1.29 is 23.4 Å². The molecule has 0 atom stereocenters. The Hall–Kier alpha value is -2.12. The van der Waals surface area contributed by atoms with E-state index in [-0.39, 0.29) is 12.4 Å². The molecule has 134 valence electrons. The Labute approximate surface area is 154 Å². The summed E-state index contributed by atoms with van der Waals surface area (Å²) >= 11 is 3.08. The largest absolute Gasteiger partial charge is 0.491 e. The zero-order valence-electron chi connectivity index (χ0n) is 13.5. The lowest BCUT2D eigenvalue weighted by Crippen LogP contribution is -2.28. The first-order valence-electron chi connectivity index (χ1n) is 7.75. The average Bonchev–Trinajstić information content (AvgIpc) is 2.63. The summed E-state index contributed by atoms with van der Waals surface area (Å²) in [6.45, 7) is 1.52. The molecule has 0 saturated heterocycles. The zero-order chi connectivity index (χ0) is 17.9. The van der Waals surface area contributed by atoms with Crippen molar-refractivity contribution in [2.75, 3.05) is 26.4 Å². The minimum Gasteiger partial charge on any atom is -0.491 e. The van der Waals surface area contributed by atoms with Gasteiger partial charge in [0.1, 0.15) is 24.8 Å². The molecule has 0 aromatic heterocycles. The summed E-state index contributed by atoms with van der Waals surface area (Å²) < 4.78 is 29.4. The minimum atomic E-state index is -0.492. The van der Waals surface area contributed by atoms with E-state index in [4.69, 9.17) is 14.2 Å². The van der Waals surface area contributed by atoms with E-state index in [1.54, 1.807) is 12.1 Å². The quantitative estimate of drug-likeness (QED) is 0.635. The number of nitrogens with one attached hydrogen (secondary N) is 1. The number of halogens is 2. The Balaban J connectivity index is 1.49. The van der Waals surface area contributed by atoms with Gasteiger partial charge in [-0.25, -0.2) is 9.18 Å². The summed E-state index contributed by atoms with van der Waals surface area (Å²) in [5.41, 5.74) is 0.926. The third-order valence-corrected chi connectivity index (χ3v) is 3.76. The molecule has 0 spiro atoms. The highest BCUT2D eigenvalue weighted by Crippen LogP contribution is 2.20. The zero-order valence-corrected chi connectivity index (χ0v) is 15.1. The fraction of sp³-hybridized carbons (Fsp3) is 0.278. The van der Waals surface area contributed by atoms with E-state index in [9.17, 15) is 9.18 Å². The van der Waals surface area contributed by atoms with Crippen LogP contribution in [0.4, 0.5) is 9.18 Å². The van der Waals surface area contributed by atoms with Gasteiger partial charge in [0.2, 0.25) is 0 Å². The number of carbonyl (C=O) groups is 1. The van der Waals surface area contributed by atoms with Crippen molar-refractivity contribution in [1.29, 1.82) is 0 Å². The summed E-state index contributed by atoms with van der Waals surface area (Å²) in [5, 5.41) is 2.59. The first-order chi connectivity index (χ1) is 12.1. The summed E-state index contributed by atoms with van der Waals surface area (Å²) in [5.74, 6) is 0.0588. The number of rotatable bonds is 9. The smallest absolute Gasteiger partial charge is 0.407 e. The molecule has 2 rings (SSSR count). The molecular formula is C18H19BrFNO4. The predicted molar refractivity (Wildman–Crippen MR) is 95.0 cm³/mol. The average molecular weight is 412 g/mol. The Bertz CT molecular complexity index is 669. The lowest BCUT2D eigenvalue weighted by Gasteiger charge is -2.09. The molecule has 1 amide bonds. The topological polar surface area (TPSA) is 56.8 Å². The standard InChI is InChI=1S/C18H19BrFNO4/c19-16-7-6-15(12-17(16)20)24-11-10-23-9-8-21-18(22)25-13-14-4-2-1-3-5-14/h1-7,12H,8-11,13H2,(H,21,22). The number of hydrogen-bond acceptors (Lipinski definition) is 4. The molecule has 25 heavy (non-hydrogen) atoms. The number of carbonyl (C=O) groups excluding carboxylic acids is 1. The normalized spacial score (nSPS) is 10.3. The van der Waals surface area contributed by atoms with E-state index >= 15 is 0 Å². The van der Waals surface area contributed by atoms with Gasteiger partial charge in [-0.05, 0) is 33.6 Å². The van der Waals surface area contributed by atoms with Crippen LogP contribution in [-0.2, 0) is 16.1 Å². The number of hydrogen-bond donors (Lipinski definition) is 1. The van der Waals surface area contributed by atoms with Gasteiger partial charge in [0.25, 0.3) is 0 Å². The number of amides is 1. The molecule has 0 bridgehead atoms. The first-order valence-corrected chi connectivity index (χ1v) is 8.54. The highest BCUT2D eigenvalue weighted by Gasteiger charge is 2.03. The molecule has 0 saturated carbocycles. The summed E-state index contributed by atoms with van der Waals surface area (Å²) in [7, 11) is 0. The molecule has 0 aliphatic heterocycles. The molecule has 5 nitrogen and oxygen atoms in total. The monoisotopic (exact) mass is 411 g/mol. The van der Waals surface area contributed by atoms with Crippen molar-refractivity contribution in [3.05, 3.63) is 64.4 Å². The van der Waals surface area contributed by atoms with E-state index in [1.807, 2.05) is 30.3 Å². The fourth-order valence-corrected chi connectivity index (χ4v) is 2.13. The maximum absolute atomic E-state index is 13.3. The molecule has 7 heteroatoms. The second-order valence-electron chi connectivity index (χ2n) is 5.03. The van der Waals surface area contributed by atoms with E-state index in [0.29, 0.717) is 36.6 Å². The predicted octanol–water partition coefficient (Wildman–Crippen LogP) is 3.91. The maximum atomic E-state index is 13.3. The van der Waals surface area contributed by atoms with Crippen LogP contribution in [0.3, 0.4) is 0 Å². The van der Waals surface area contributed by atoms with Gasteiger partial charge in [-0.1, -0.05) is 30.3 Å². The molecule has 2 aromatic carbocycles. The van der Waals surface area contributed by atoms with Crippen molar-refractivity contribution in [2.45, 2.75) is 6.61 Å². The molecular weight excluding hydrogens is 393 g/mol. The minimum absolute atomic E-state index is 0.227. The Morgan fingerprint density at radius 3 is 2.64 bits per heavy atom. The van der Waals surface area contributed by atoms with Crippen LogP contribution in [0.25, 0.3) is 0 Å². The van der Waals surface area contributed by atoms with Crippen molar-refractivity contribution in [3.63, 3.8) is 0 Å². The molecule has 0 unspecified atom stereocenters. The van der Waals surface area contributed by atoms with Crippen molar-refractivity contribution in [3.8, 4) is 5.75 Å². The van der Waals surface area contributed by atoms with E-state index in [2.05, 4.69) is 21.2 Å². The summed E-state index contributed by atoms with van der Waals surface area (Å²) in [4.78, 5) is 11.5. The van der Waals surface area contributed by atoms with Gasteiger partial charge >= 0.3 is 6.09 Å². The number of ether oxygens (including phenoxy) is 3. The third kappa shape index (κ3) is 7.53. The van der Waals surface area contributed by atoms with E-state index in [0.717, 1.165) is 5.56 Å². The van der Waals surface area contributed by atoms with Gasteiger partial charge < -0.3 is 19.5 Å². The lowest BCUT2D eigenvalue weighted by atomic mass is 10.2. The number of alkyl carbamates (subject to hydrolysis) is 1. The Kier molecular flexibility index (Phi) is 8.21. The van der Waals surface area contributed by atoms with Crippen LogP contribution in [-0.4, -0.2) is 32.5 Å². The highest BCUT2D eigenvalue weighted by atomic mass is 79.9. The van der Waals surface area contributed by atoms with Crippen LogP contribution in [0.5, 0.6) is 5.75 Å². The molecule has 0 fully saturated rings. The molecule has 0 heterocycles. The van der Waals surface area contributed by atoms with E-state index < -0.39 is 6.09 Å². The summed E-state index contributed by atoms with van der Waals surface area (Å²) in [6.07, 6.45) is -0.492. The second-order valence-corrected chi connectivity index (χ2v) is 5.88. The second kappa shape index (κ2) is 10.7. The van der Waals surface area contributed by atoms with Gasteiger partial charge in [-0.2, -0.15) is 0 Å². The Morgan fingerprint density at radius 1 is 1.08 bits per heavy atom. The van der Waals surface area contributed by atoms with Gasteiger partial charge in [0.05, 0.1) is 17.7 Å². The first kappa shape index (κ1) is 19.2. The van der Waals surface area contributed by atoms with Crippen molar-refractivity contribution in [2.24, 2.45) is 0 Å². The van der Waals surface area contributed by atoms with Crippen LogP contribution < -0.4 is 10.1 Å². The van der Waals surface area contributed by atoms with Crippen LogP contribution >= 0.6 is 15.9 Å². The number of benzene rings is 2. The van der Waals surface area contributed by atoms with Crippen LogP contribution in [0.1, 0.15) is 5.56 Å². The molecule has 1 N–H and O–H groups in total. The van der Waals surface area contributed by atoms with Gasteiger partial charge in [-0.15, -0.1) is 0 Å². The molecule has 0 radical (unpaired) electrons.